The largest absolute Gasteiger partial charge is 0.192 e. The lowest BCUT2D eigenvalue weighted by molar-refractivity contribution is 0.868. The summed E-state index contributed by atoms with van der Waals surface area (Å²) in [7, 11) is 0. The summed E-state index contributed by atoms with van der Waals surface area (Å²) in [6.45, 7) is 8.81. The predicted octanol–water partition coefficient (Wildman–Crippen LogP) is 15.0. The second-order valence-corrected chi connectivity index (χ2v) is 15.5. The number of fused-ring (bicyclic) bond motifs is 6. The fraction of sp³-hybridized carbons (Fsp3) is 0.111. The fourth-order valence-electron chi connectivity index (χ4n) is 8.74. The van der Waals surface area contributed by atoms with Gasteiger partial charge in [-0.1, -0.05) is 161 Å². The van der Waals surface area contributed by atoms with Crippen LogP contribution in [0.25, 0.3) is 87.6 Å². The maximum atomic E-state index is 11.0. The lowest BCUT2D eigenvalue weighted by Gasteiger charge is -2.21. The second kappa shape index (κ2) is 14.0. The summed E-state index contributed by atoms with van der Waals surface area (Å²) in [5, 5.41) is 31.2. The van der Waals surface area contributed by atoms with E-state index in [4.69, 9.17) is 0 Å². The number of rotatable bonds is 6. The van der Waals surface area contributed by atoms with Crippen molar-refractivity contribution in [1.29, 1.82) is 10.5 Å². The quantitative estimate of drug-likeness (QED) is 0.161. The molecule has 0 radical (unpaired) electrons. The van der Waals surface area contributed by atoms with Crippen molar-refractivity contribution < 1.29 is 0 Å². The minimum Gasteiger partial charge on any atom is -0.192 e. The third kappa shape index (κ3) is 5.80. The zero-order valence-electron chi connectivity index (χ0n) is 32.1. The molecule has 0 aromatic heterocycles. The van der Waals surface area contributed by atoms with Crippen molar-refractivity contribution in [1.82, 2.24) is 0 Å². The lowest BCUT2D eigenvalue weighted by atomic mass is 9.82. The van der Waals surface area contributed by atoms with Crippen LogP contribution >= 0.6 is 0 Å². The van der Waals surface area contributed by atoms with Gasteiger partial charge in [0.05, 0.1) is 17.2 Å². The number of benzene rings is 9. The molecule has 0 atom stereocenters. The maximum Gasteiger partial charge on any atom is 0.100 e. The van der Waals surface area contributed by atoms with E-state index in [2.05, 4.69) is 185 Å². The summed E-state index contributed by atoms with van der Waals surface area (Å²) < 4.78 is 0. The molecule has 2 heteroatoms. The zero-order valence-corrected chi connectivity index (χ0v) is 32.1. The van der Waals surface area contributed by atoms with E-state index in [1.807, 2.05) is 12.1 Å². The first-order chi connectivity index (χ1) is 27.3. The van der Waals surface area contributed by atoms with E-state index in [1.54, 1.807) is 0 Å². The lowest BCUT2D eigenvalue weighted by Crippen LogP contribution is -2.00. The Labute approximate surface area is 328 Å². The van der Waals surface area contributed by atoms with Crippen LogP contribution in [0.15, 0.2) is 158 Å². The summed E-state index contributed by atoms with van der Waals surface area (Å²) in [4.78, 5) is 0. The molecule has 9 rings (SSSR count). The highest BCUT2D eigenvalue weighted by molar-refractivity contribution is 6.15. The second-order valence-electron chi connectivity index (χ2n) is 15.5. The number of nitriles is 2. The van der Waals surface area contributed by atoms with E-state index in [1.165, 1.54) is 54.2 Å². The predicted molar refractivity (Wildman–Crippen MR) is 236 cm³/mol. The first-order valence-corrected chi connectivity index (χ1v) is 19.4. The Balaban J connectivity index is 1.23. The average Bonchev–Trinajstić information content (AvgIpc) is 3.24. The number of hydrogen-bond donors (Lipinski definition) is 0. The molecule has 0 heterocycles. The molecule has 0 N–H and O–H groups in total. The van der Waals surface area contributed by atoms with Crippen LogP contribution in [0.4, 0.5) is 0 Å². The summed E-state index contributed by atoms with van der Waals surface area (Å²) in [5.41, 5.74) is 11.6. The molecule has 0 saturated heterocycles. The summed E-state index contributed by atoms with van der Waals surface area (Å²) >= 11 is 0. The Morgan fingerprint density at radius 1 is 0.357 bits per heavy atom. The third-order valence-electron chi connectivity index (χ3n) is 11.5. The molecular formula is C54H40N2. The van der Waals surface area contributed by atoms with Crippen LogP contribution in [-0.4, -0.2) is 0 Å². The standard InChI is InChI=1S/C54H40N2/c1-33(2)48-27-38(50-29-36-13-5-7-15-40(36)42-17-9-11-19-44(42)50)21-23-46(48)52-25-35(31-55)26-53(54(52)32-56)47-24-22-39(28-49(47)34(3)4)51-30-37-14-6-8-16-41(37)43-18-10-12-20-45(43)51/h5-30,33-34H,1-4H3. The van der Waals surface area contributed by atoms with Gasteiger partial charge in [-0.15, -0.1) is 0 Å². The van der Waals surface area contributed by atoms with Gasteiger partial charge in [0.15, 0.2) is 0 Å². The van der Waals surface area contributed by atoms with Crippen LogP contribution in [0, 0.1) is 22.7 Å². The Morgan fingerprint density at radius 2 is 0.750 bits per heavy atom. The minimum absolute atomic E-state index is 0.166. The van der Waals surface area contributed by atoms with E-state index in [0.29, 0.717) is 11.1 Å². The van der Waals surface area contributed by atoms with E-state index in [0.717, 1.165) is 44.5 Å². The van der Waals surface area contributed by atoms with Crippen LogP contribution in [0.1, 0.15) is 61.8 Å². The van der Waals surface area contributed by atoms with Crippen molar-refractivity contribution in [3.8, 4) is 56.6 Å². The van der Waals surface area contributed by atoms with Crippen molar-refractivity contribution in [2.75, 3.05) is 0 Å². The van der Waals surface area contributed by atoms with Gasteiger partial charge >= 0.3 is 0 Å². The molecule has 2 nitrogen and oxygen atoms in total. The molecule has 9 aromatic rings. The van der Waals surface area contributed by atoms with Crippen LogP contribution < -0.4 is 0 Å². The van der Waals surface area contributed by atoms with Gasteiger partial charge in [-0.3, -0.25) is 0 Å². The smallest absolute Gasteiger partial charge is 0.100 e. The highest BCUT2D eigenvalue weighted by Gasteiger charge is 2.22. The molecule has 0 aliphatic carbocycles. The van der Waals surface area contributed by atoms with Crippen molar-refractivity contribution in [3.63, 3.8) is 0 Å². The highest BCUT2D eigenvalue weighted by Crippen LogP contribution is 2.44. The first kappa shape index (κ1) is 34.7. The normalized spacial score (nSPS) is 11.5. The molecular weight excluding hydrogens is 677 g/mol. The molecule has 9 aromatic carbocycles. The van der Waals surface area contributed by atoms with E-state index in [9.17, 15) is 10.5 Å². The monoisotopic (exact) mass is 716 g/mol. The summed E-state index contributed by atoms with van der Waals surface area (Å²) in [6, 6.07) is 61.1. The Morgan fingerprint density at radius 3 is 1.14 bits per heavy atom. The van der Waals surface area contributed by atoms with Crippen molar-refractivity contribution in [2.24, 2.45) is 0 Å². The summed E-state index contributed by atoms with van der Waals surface area (Å²) in [5.74, 6) is 0.333. The Hall–Kier alpha value is -7.00. The molecule has 0 fully saturated rings. The maximum absolute atomic E-state index is 11.0. The zero-order chi connectivity index (χ0) is 38.5. The first-order valence-electron chi connectivity index (χ1n) is 19.4. The third-order valence-corrected chi connectivity index (χ3v) is 11.5. The SMILES string of the molecule is CC(C)c1cc(-c2cc3ccccc3c3ccccc23)ccc1-c1cc(C#N)cc(-c2ccc(-c3cc4ccccc4c4ccccc34)cc2C(C)C)c1C#N. The van der Waals surface area contributed by atoms with Crippen molar-refractivity contribution in [3.05, 3.63) is 180 Å². The van der Waals surface area contributed by atoms with Crippen molar-refractivity contribution >= 4 is 43.1 Å². The summed E-state index contributed by atoms with van der Waals surface area (Å²) in [6.07, 6.45) is 0. The molecule has 0 amide bonds. The van der Waals surface area contributed by atoms with E-state index >= 15 is 0 Å². The molecule has 0 aliphatic rings. The molecule has 0 aliphatic heterocycles. The molecule has 266 valence electrons. The van der Waals surface area contributed by atoms with Gasteiger partial charge in [-0.05, 0) is 124 Å². The van der Waals surface area contributed by atoms with Gasteiger partial charge in [0.2, 0.25) is 0 Å². The van der Waals surface area contributed by atoms with Gasteiger partial charge in [0, 0.05) is 11.1 Å². The molecule has 0 unspecified atom stereocenters. The Bertz CT molecular complexity index is 2920. The van der Waals surface area contributed by atoms with Gasteiger partial charge in [-0.2, -0.15) is 10.5 Å². The van der Waals surface area contributed by atoms with Crippen LogP contribution in [0.3, 0.4) is 0 Å². The molecule has 56 heavy (non-hydrogen) atoms. The molecule has 0 saturated carbocycles. The van der Waals surface area contributed by atoms with Crippen LogP contribution in [0.2, 0.25) is 0 Å². The van der Waals surface area contributed by atoms with Crippen LogP contribution in [0.5, 0.6) is 0 Å². The van der Waals surface area contributed by atoms with E-state index < -0.39 is 0 Å². The minimum atomic E-state index is 0.166. The van der Waals surface area contributed by atoms with Crippen LogP contribution in [-0.2, 0) is 0 Å². The molecule has 0 bridgehead atoms. The highest BCUT2D eigenvalue weighted by atomic mass is 14.3. The number of nitrogens with zero attached hydrogens (tertiary/aromatic N) is 2. The Kier molecular flexibility index (Phi) is 8.69. The van der Waals surface area contributed by atoms with E-state index in [-0.39, 0.29) is 11.8 Å². The fourth-order valence-corrected chi connectivity index (χ4v) is 8.74. The van der Waals surface area contributed by atoms with Gasteiger partial charge in [0.1, 0.15) is 6.07 Å². The topological polar surface area (TPSA) is 47.6 Å². The molecule has 0 spiro atoms. The van der Waals surface area contributed by atoms with Gasteiger partial charge in [0.25, 0.3) is 0 Å². The van der Waals surface area contributed by atoms with Gasteiger partial charge < -0.3 is 0 Å². The van der Waals surface area contributed by atoms with Crippen molar-refractivity contribution in [2.45, 2.75) is 39.5 Å². The number of hydrogen-bond acceptors (Lipinski definition) is 2. The average molecular weight is 717 g/mol. The van der Waals surface area contributed by atoms with Gasteiger partial charge in [-0.25, -0.2) is 0 Å².